The molecule has 0 spiro atoms. The first-order chi connectivity index (χ1) is 9.88. The van der Waals surface area contributed by atoms with Gasteiger partial charge in [0.1, 0.15) is 0 Å². The molecule has 0 aromatic heterocycles. The van der Waals surface area contributed by atoms with Gasteiger partial charge in [-0.25, -0.2) is 4.79 Å². The Hall–Kier alpha value is -1.53. The van der Waals surface area contributed by atoms with Crippen LogP contribution in [0.15, 0.2) is 18.2 Å². The van der Waals surface area contributed by atoms with Crippen molar-refractivity contribution in [2.45, 2.75) is 13.3 Å². The molecule has 0 aliphatic carbocycles. The summed E-state index contributed by atoms with van der Waals surface area (Å²) in [5.74, 6) is -0.655. The molecule has 0 radical (unpaired) electrons. The van der Waals surface area contributed by atoms with Crippen molar-refractivity contribution in [2.24, 2.45) is 5.92 Å². The summed E-state index contributed by atoms with van der Waals surface area (Å²) in [6, 6.07) is 4.37. The minimum atomic E-state index is -1.10. The fraction of sp³-hybridized carbons (Fsp3) is 0.357. The van der Waals surface area contributed by atoms with Crippen molar-refractivity contribution in [3.63, 3.8) is 0 Å². The van der Waals surface area contributed by atoms with Gasteiger partial charge in [0.05, 0.1) is 11.3 Å². The van der Waals surface area contributed by atoms with Gasteiger partial charge in [-0.2, -0.15) is 0 Å². The lowest BCUT2D eigenvalue weighted by atomic mass is 10.1. The van der Waals surface area contributed by atoms with Crippen LogP contribution in [0.1, 0.15) is 23.7 Å². The molecule has 0 bridgehead atoms. The molecule has 1 amide bonds. The number of carbonyl (C=O) groups excluding carboxylic acids is 2. The van der Waals surface area contributed by atoms with Gasteiger partial charge in [-0.3, -0.25) is 9.59 Å². The fourth-order valence-electron chi connectivity index (χ4n) is 2.27. The Bertz CT molecular complexity index is 605. The van der Waals surface area contributed by atoms with Gasteiger partial charge in [0.15, 0.2) is 5.12 Å². The lowest BCUT2D eigenvalue weighted by Gasteiger charge is -2.19. The number of hydrogen-bond acceptors (Lipinski definition) is 4. The zero-order valence-corrected chi connectivity index (χ0v) is 12.9. The molecule has 112 valence electrons. The number of rotatable bonds is 4. The average molecular weight is 328 g/mol. The molecule has 1 saturated heterocycles. The highest BCUT2D eigenvalue weighted by Gasteiger charge is 2.33. The number of anilines is 1. The lowest BCUT2D eigenvalue weighted by Crippen LogP contribution is -2.26. The van der Waals surface area contributed by atoms with Gasteiger partial charge >= 0.3 is 5.97 Å². The summed E-state index contributed by atoms with van der Waals surface area (Å²) < 4.78 is 0. The van der Waals surface area contributed by atoms with Crippen LogP contribution in [-0.2, 0) is 9.59 Å². The summed E-state index contributed by atoms with van der Waals surface area (Å²) in [4.78, 5) is 35.8. The summed E-state index contributed by atoms with van der Waals surface area (Å²) in [6.45, 7) is 1.89. The monoisotopic (exact) mass is 327 g/mol. The van der Waals surface area contributed by atoms with Crippen LogP contribution in [0.2, 0.25) is 5.02 Å². The molecule has 1 atom stereocenters. The third-order valence-corrected chi connectivity index (χ3v) is 4.49. The van der Waals surface area contributed by atoms with Crippen LogP contribution < -0.4 is 4.90 Å². The molecule has 1 fully saturated rings. The smallest absolute Gasteiger partial charge is 0.337 e. The zero-order chi connectivity index (χ0) is 15.6. The first kappa shape index (κ1) is 15.9. The van der Waals surface area contributed by atoms with Crippen LogP contribution in [0.25, 0.3) is 0 Å². The largest absolute Gasteiger partial charge is 0.478 e. The highest BCUT2D eigenvalue weighted by molar-refractivity contribution is 8.13. The second-order valence-corrected chi connectivity index (χ2v) is 6.48. The van der Waals surface area contributed by atoms with E-state index in [1.54, 1.807) is 0 Å². The number of hydrogen-bond donors (Lipinski definition) is 1. The Morgan fingerprint density at radius 3 is 2.81 bits per heavy atom. The SMILES string of the molecule is CC(=O)SCC1CC(=O)N(c2cc(Cl)ccc2C(=O)O)C1. The predicted octanol–water partition coefficient (Wildman–Crippen LogP) is 2.67. The number of amides is 1. The van der Waals surface area contributed by atoms with Gasteiger partial charge in [0.25, 0.3) is 0 Å². The van der Waals surface area contributed by atoms with Crippen LogP contribution in [0.3, 0.4) is 0 Å². The van der Waals surface area contributed by atoms with E-state index in [-0.39, 0.29) is 22.5 Å². The lowest BCUT2D eigenvalue weighted by molar-refractivity contribution is -0.117. The summed E-state index contributed by atoms with van der Waals surface area (Å²) in [6.07, 6.45) is 0.311. The van der Waals surface area contributed by atoms with Crippen LogP contribution >= 0.6 is 23.4 Å². The maximum Gasteiger partial charge on any atom is 0.337 e. The molecule has 5 nitrogen and oxygen atoms in total. The minimum absolute atomic E-state index is 0.00915. The molecule has 0 saturated carbocycles. The molecule has 1 aromatic rings. The molecule has 1 aliphatic heterocycles. The van der Waals surface area contributed by atoms with Gasteiger partial charge in [-0.1, -0.05) is 23.4 Å². The molecule has 21 heavy (non-hydrogen) atoms. The number of aromatic carboxylic acids is 1. The third kappa shape index (κ3) is 3.77. The van der Waals surface area contributed by atoms with Crippen LogP contribution in [-0.4, -0.2) is 34.4 Å². The molecular weight excluding hydrogens is 314 g/mol. The normalized spacial score (nSPS) is 18.1. The van der Waals surface area contributed by atoms with Gasteiger partial charge in [0.2, 0.25) is 5.91 Å². The molecule has 1 aromatic carbocycles. The number of benzene rings is 1. The quantitative estimate of drug-likeness (QED) is 0.920. The second-order valence-electron chi connectivity index (χ2n) is 4.84. The summed E-state index contributed by atoms with van der Waals surface area (Å²) in [7, 11) is 0. The summed E-state index contributed by atoms with van der Waals surface area (Å²) in [5.41, 5.74) is 0.364. The van der Waals surface area contributed by atoms with Crippen molar-refractivity contribution in [2.75, 3.05) is 17.2 Å². The van der Waals surface area contributed by atoms with E-state index in [0.29, 0.717) is 29.4 Å². The maximum absolute atomic E-state index is 12.1. The van der Waals surface area contributed by atoms with Gasteiger partial charge in [-0.05, 0) is 24.1 Å². The minimum Gasteiger partial charge on any atom is -0.478 e. The predicted molar refractivity (Wildman–Crippen MR) is 82.0 cm³/mol. The second kappa shape index (κ2) is 6.49. The number of carboxylic acid groups (broad SMARTS) is 1. The number of carbonyl (C=O) groups is 3. The third-order valence-electron chi connectivity index (χ3n) is 3.21. The molecule has 1 unspecified atom stereocenters. The first-order valence-electron chi connectivity index (χ1n) is 6.35. The highest BCUT2D eigenvalue weighted by Crippen LogP contribution is 2.31. The molecule has 1 N–H and O–H groups in total. The van der Waals surface area contributed by atoms with E-state index in [9.17, 15) is 19.5 Å². The van der Waals surface area contributed by atoms with Crippen molar-refractivity contribution in [1.82, 2.24) is 0 Å². The Kier molecular flexibility index (Phi) is 4.90. The average Bonchev–Trinajstić information content (AvgIpc) is 2.77. The van der Waals surface area contributed by atoms with E-state index in [1.807, 2.05) is 0 Å². The Labute approximate surface area is 131 Å². The maximum atomic E-state index is 12.1. The van der Waals surface area contributed by atoms with E-state index in [2.05, 4.69) is 0 Å². The van der Waals surface area contributed by atoms with Gasteiger partial charge < -0.3 is 10.0 Å². The van der Waals surface area contributed by atoms with Crippen molar-refractivity contribution in [3.05, 3.63) is 28.8 Å². The highest BCUT2D eigenvalue weighted by atomic mass is 35.5. The van der Waals surface area contributed by atoms with Crippen molar-refractivity contribution >= 4 is 46.0 Å². The van der Waals surface area contributed by atoms with Gasteiger partial charge in [-0.15, -0.1) is 0 Å². The Morgan fingerprint density at radius 2 is 2.19 bits per heavy atom. The van der Waals surface area contributed by atoms with E-state index >= 15 is 0 Å². The van der Waals surface area contributed by atoms with Crippen molar-refractivity contribution in [1.29, 1.82) is 0 Å². The summed E-state index contributed by atoms with van der Waals surface area (Å²) in [5, 5.41) is 9.60. The topological polar surface area (TPSA) is 74.7 Å². The standard InChI is InChI=1S/C14H14ClNO4S/c1-8(17)21-7-9-4-13(18)16(6-9)12-5-10(15)2-3-11(12)14(19)20/h2-3,5,9H,4,6-7H2,1H3,(H,19,20). The van der Waals surface area contributed by atoms with Crippen molar-refractivity contribution < 1.29 is 19.5 Å². The number of carboxylic acids is 1. The molecular formula is C14H14ClNO4S. The number of nitrogens with zero attached hydrogens (tertiary/aromatic N) is 1. The van der Waals surface area contributed by atoms with Crippen LogP contribution in [0.5, 0.6) is 0 Å². The molecule has 1 heterocycles. The van der Waals surface area contributed by atoms with Gasteiger partial charge in [0, 0.05) is 30.7 Å². The van der Waals surface area contributed by atoms with Crippen molar-refractivity contribution in [3.8, 4) is 0 Å². The number of halogens is 1. The van der Waals surface area contributed by atoms with E-state index in [1.165, 1.54) is 41.8 Å². The number of thioether (sulfide) groups is 1. The molecule has 7 heteroatoms. The summed E-state index contributed by atoms with van der Waals surface area (Å²) >= 11 is 7.09. The van der Waals surface area contributed by atoms with E-state index in [4.69, 9.17) is 11.6 Å². The molecule has 2 rings (SSSR count). The van der Waals surface area contributed by atoms with Crippen LogP contribution in [0.4, 0.5) is 5.69 Å². The first-order valence-corrected chi connectivity index (χ1v) is 7.71. The fourth-order valence-corrected chi connectivity index (χ4v) is 3.13. The molecule has 1 aliphatic rings. The van der Waals surface area contributed by atoms with E-state index < -0.39 is 5.97 Å². The Morgan fingerprint density at radius 1 is 1.48 bits per heavy atom. The zero-order valence-electron chi connectivity index (χ0n) is 11.3. The van der Waals surface area contributed by atoms with E-state index in [0.717, 1.165) is 0 Å². The Balaban J connectivity index is 2.22. The van der Waals surface area contributed by atoms with Crippen LogP contribution in [0, 0.1) is 5.92 Å².